The minimum Gasteiger partial charge on any atom is -0.481 e. The third-order valence-electron chi connectivity index (χ3n) is 3.87. The average molecular weight is 297 g/mol. The van der Waals surface area contributed by atoms with E-state index in [-0.39, 0.29) is 0 Å². The monoisotopic (exact) mass is 297 g/mol. The van der Waals surface area contributed by atoms with Crippen molar-refractivity contribution in [2.45, 2.75) is 31.8 Å². The van der Waals surface area contributed by atoms with Gasteiger partial charge in [0.25, 0.3) is 0 Å². The predicted molar refractivity (Wildman–Crippen MR) is 87.6 cm³/mol. The fourth-order valence-corrected chi connectivity index (χ4v) is 3.83. The number of aryl methyl sites for hydroxylation is 1. The van der Waals surface area contributed by atoms with Gasteiger partial charge in [-0.2, -0.15) is 0 Å². The minimum absolute atomic E-state index is 0.315. The highest BCUT2D eigenvalue weighted by molar-refractivity contribution is 7.10. The van der Waals surface area contributed by atoms with Crippen LogP contribution in [0.3, 0.4) is 0 Å². The molecule has 1 aromatic carbocycles. The molecule has 0 radical (unpaired) electrons. The van der Waals surface area contributed by atoms with Crippen LogP contribution in [0.4, 0.5) is 0 Å². The Bertz CT molecular complexity index is 641. The quantitative estimate of drug-likeness (QED) is 0.844. The van der Waals surface area contributed by atoms with E-state index in [1.165, 1.54) is 29.7 Å². The summed E-state index contributed by atoms with van der Waals surface area (Å²) in [5.74, 6) is 3.40. The fraction of sp³-hybridized carbons (Fsp3) is 0.333. The molecular weight excluding hydrogens is 278 g/mol. The number of fused-ring (bicyclic) bond motifs is 1. The zero-order valence-electron chi connectivity index (χ0n) is 12.0. The van der Waals surface area contributed by atoms with Gasteiger partial charge < -0.3 is 10.1 Å². The maximum Gasteiger partial charge on any atom is 0.148 e. The second-order valence-corrected chi connectivity index (χ2v) is 6.23. The van der Waals surface area contributed by atoms with Crippen LogP contribution in [-0.2, 0) is 13.0 Å². The Morgan fingerprint density at radius 2 is 2.24 bits per heavy atom. The molecule has 3 rings (SSSR count). The molecule has 1 N–H and O–H groups in total. The first-order valence-corrected chi connectivity index (χ1v) is 8.20. The Balaban J connectivity index is 1.68. The maximum atomic E-state index is 5.61. The molecule has 2 nitrogen and oxygen atoms in total. The summed E-state index contributed by atoms with van der Waals surface area (Å²) in [6.45, 7) is 1.12. The average Bonchev–Trinajstić information content (AvgIpc) is 3.01. The summed E-state index contributed by atoms with van der Waals surface area (Å²) >= 11 is 1.88. The van der Waals surface area contributed by atoms with Crippen molar-refractivity contribution in [2.24, 2.45) is 0 Å². The zero-order chi connectivity index (χ0) is 14.5. The molecule has 0 bridgehead atoms. The van der Waals surface area contributed by atoms with E-state index in [4.69, 9.17) is 11.2 Å². The lowest BCUT2D eigenvalue weighted by molar-refractivity contribution is 0.362. The Morgan fingerprint density at radius 1 is 1.33 bits per heavy atom. The molecule has 21 heavy (non-hydrogen) atoms. The van der Waals surface area contributed by atoms with Crippen molar-refractivity contribution in [2.75, 3.05) is 6.61 Å². The summed E-state index contributed by atoms with van der Waals surface area (Å²) in [4.78, 5) is 1.54. The van der Waals surface area contributed by atoms with Gasteiger partial charge >= 0.3 is 0 Å². The molecule has 0 amide bonds. The highest BCUT2D eigenvalue weighted by Crippen LogP contribution is 2.33. The molecule has 1 heterocycles. The van der Waals surface area contributed by atoms with Crippen LogP contribution in [0, 0.1) is 12.3 Å². The van der Waals surface area contributed by atoms with Crippen molar-refractivity contribution in [3.05, 3.63) is 51.7 Å². The molecule has 1 aromatic heterocycles. The number of nitrogens with one attached hydrogen (secondary N) is 1. The first-order chi connectivity index (χ1) is 10.4. The summed E-state index contributed by atoms with van der Waals surface area (Å²) in [6.07, 6.45) is 8.97. The van der Waals surface area contributed by atoms with E-state index in [1.807, 2.05) is 29.5 Å². The van der Waals surface area contributed by atoms with E-state index in [9.17, 15) is 0 Å². The van der Waals surface area contributed by atoms with Crippen LogP contribution in [0.15, 0.2) is 35.7 Å². The summed E-state index contributed by atoms with van der Waals surface area (Å²) in [7, 11) is 0. The van der Waals surface area contributed by atoms with Gasteiger partial charge in [-0.05, 0) is 42.3 Å². The zero-order valence-corrected chi connectivity index (χ0v) is 12.8. The lowest BCUT2D eigenvalue weighted by atomic mass is 9.94. The number of hydrogen-bond acceptors (Lipinski definition) is 3. The molecule has 1 aliphatic rings. The van der Waals surface area contributed by atoms with E-state index in [0.717, 1.165) is 17.9 Å². The van der Waals surface area contributed by atoms with Gasteiger partial charge in [0.2, 0.25) is 0 Å². The van der Waals surface area contributed by atoms with Gasteiger partial charge in [-0.15, -0.1) is 17.8 Å². The molecule has 3 heteroatoms. The van der Waals surface area contributed by atoms with Gasteiger partial charge in [-0.25, -0.2) is 0 Å². The summed E-state index contributed by atoms with van der Waals surface area (Å²) in [6, 6.07) is 10.8. The van der Waals surface area contributed by atoms with Gasteiger partial charge in [0.1, 0.15) is 12.4 Å². The van der Waals surface area contributed by atoms with E-state index >= 15 is 0 Å². The third kappa shape index (κ3) is 3.29. The smallest absolute Gasteiger partial charge is 0.148 e. The number of para-hydroxylation sites is 1. The van der Waals surface area contributed by atoms with Gasteiger partial charge in [0, 0.05) is 23.0 Å². The number of thiophene rings is 1. The van der Waals surface area contributed by atoms with Crippen molar-refractivity contribution in [3.63, 3.8) is 0 Å². The lowest BCUT2D eigenvalue weighted by Crippen LogP contribution is -2.24. The van der Waals surface area contributed by atoms with Crippen LogP contribution in [0.1, 0.15) is 34.9 Å². The molecule has 0 aliphatic heterocycles. The molecule has 1 unspecified atom stereocenters. The number of terminal acetylenes is 1. The largest absolute Gasteiger partial charge is 0.481 e. The third-order valence-corrected chi connectivity index (χ3v) is 4.87. The Labute approximate surface area is 130 Å². The van der Waals surface area contributed by atoms with E-state index in [0.29, 0.717) is 12.6 Å². The molecule has 2 aromatic rings. The molecule has 1 aliphatic carbocycles. The first kappa shape index (κ1) is 14.2. The number of benzene rings is 1. The van der Waals surface area contributed by atoms with Gasteiger partial charge in [-0.1, -0.05) is 24.1 Å². The van der Waals surface area contributed by atoms with Crippen LogP contribution >= 0.6 is 11.3 Å². The summed E-state index contributed by atoms with van der Waals surface area (Å²) in [5, 5.41) is 5.88. The fourth-order valence-electron chi connectivity index (χ4n) is 2.84. The summed E-state index contributed by atoms with van der Waals surface area (Å²) < 4.78 is 5.61. The van der Waals surface area contributed by atoms with Crippen molar-refractivity contribution < 1.29 is 4.74 Å². The standard InChI is InChI=1S/C18H19NOS/c1-2-11-20-17-8-4-3-6-14(17)13-19-16-7-5-9-18-15(16)10-12-21-18/h1,3-4,6,8,10,12,16,19H,5,7,9,11,13H2. The topological polar surface area (TPSA) is 21.3 Å². The Hall–Kier alpha value is -1.76. The molecule has 0 saturated heterocycles. The van der Waals surface area contributed by atoms with Gasteiger partial charge in [0.05, 0.1) is 0 Å². The molecule has 108 valence electrons. The molecule has 0 saturated carbocycles. The molecular formula is C18H19NOS. The van der Waals surface area contributed by atoms with Crippen molar-refractivity contribution in [1.29, 1.82) is 0 Å². The van der Waals surface area contributed by atoms with Gasteiger partial charge in [-0.3, -0.25) is 0 Å². The van der Waals surface area contributed by atoms with E-state index < -0.39 is 0 Å². The van der Waals surface area contributed by atoms with E-state index in [1.54, 1.807) is 0 Å². The normalized spacial score (nSPS) is 17.0. The highest BCUT2D eigenvalue weighted by atomic mass is 32.1. The SMILES string of the molecule is C#CCOc1ccccc1CNC1CCCc2sccc21. The second-order valence-electron chi connectivity index (χ2n) is 5.23. The number of hydrogen-bond donors (Lipinski definition) is 1. The number of ether oxygens (including phenoxy) is 1. The highest BCUT2D eigenvalue weighted by Gasteiger charge is 2.20. The number of rotatable bonds is 5. The lowest BCUT2D eigenvalue weighted by Gasteiger charge is -2.24. The van der Waals surface area contributed by atoms with Gasteiger partial charge in [0.15, 0.2) is 0 Å². The maximum absolute atomic E-state index is 5.61. The Kier molecular flexibility index (Phi) is 4.59. The van der Waals surface area contributed by atoms with Crippen LogP contribution in [0.2, 0.25) is 0 Å². The van der Waals surface area contributed by atoms with Crippen LogP contribution in [0.5, 0.6) is 5.75 Å². The molecule has 0 spiro atoms. The second kappa shape index (κ2) is 6.80. The van der Waals surface area contributed by atoms with Crippen molar-refractivity contribution >= 4 is 11.3 Å². The first-order valence-electron chi connectivity index (χ1n) is 7.32. The summed E-state index contributed by atoms with van der Waals surface area (Å²) in [5.41, 5.74) is 2.64. The Morgan fingerprint density at radius 3 is 3.14 bits per heavy atom. The molecule has 1 atom stereocenters. The van der Waals surface area contributed by atoms with Crippen molar-refractivity contribution in [1.82, 2.24) is 5.32 Å². The van der Waals surface area contributed by atoms with E-state index in [2.05, 4.69) is 28.8 Å². The van der Waals surface area contributed by atoms with Crippen LogP contribution in [-0.4, -0.2) is 6.61 Å². The minimum atomic E-state index is 0.315. The van der Waals surface area contributed by atoms with Crippen LogP contribution in [0.25, 0.3) is 0 Å². The van der Waals surface area contributed by atoms with Crippen molar-refractivity contribution in [3.8, 4) is 18.1 Å². The predicted octanol–water partition coefficient (Wildman–Crippen LogP) is 3.93. The van der Waals surface area contributed by atoms with Crippen LogP contribution < -0.4 is 10.1 Å². The molecule has 0 fully saturated rings.